The fraction of sp³-hybridized carbons (Fsp3) is 0.875. The Balaban J connectivity index is -0.0000000594. The van der Waals surface area contributed by atoms with Crippen LogP contribution >= 0.6 is 0 Å². The quantitative estimate of drug-likeness (QED) is 0.370. The zero-order valence-electron chi connectivity index (χ0n) is 15.7. The normalized spacial score (nSPS) is 10.4. The van der Waals surface area contributed by atoms with Crippen molar-refractivity contribution in [2.75, 3.05) is 0 Å². The van der Waals surface area contributed by atoms with Crippen LogP contribution in [0.4, 0.5) is 0 Å². The second kappa shape index (κ2) is 15.3. The van der Waals surface area contributed by atoms with Gasteiger partial charge in [0.25, 0.3) is 0 Å². The Morgan fingerprint density at radius 2 is 1.16 bits per heavy atom. The van der Waals surface area contributed by atoms with Gasteiger partial charge in [0.05, 0.1) is 0 Å². The Labute approximate surface area is 138 Å². The van der Waals surface area contributed by atoms with Gasteiger partial charge in [-0.05, 0) is 5.92 Å². The zero-order chi connectivity index (χ0) is 13.4. The SMILES string of the molecule is CC(C)C[Si](C)(C)C.CCCC[Si](C)(C)C.[CH3-].[CH3-].[Ni+2]. The van der Waals surface area contributed by atoms with Crippen molar-refractivity contribution in [3.8, 4) is 0 Å². The van der Waals surface area contributed by atoms with Gasteiger partial charge in [-0.25, -0.2) is 0 Å². The average molecular weight is 349 g/mol. The van der Waals surface area contributed by atoms with Crippen molar-refractivity contribution < 1.29 is 16.5 Å². The van der Waals surface area contributed by atoms with E-state index in [0.29, 0.717) is 0 Å². The summed E-state index contributed by atoms with van der Waals surface area (Å²) in [5.41, 5.74) is 0. The molecule has 0 aromatic carbocycles. The standard InChI is InChI=1S/2C7H18Si.2CH3.Ni/c1-7(2)6-8(3,4)5;1-5-6-7-8(2,3)4;;;/h7H,6H2,1-5H3;5-7H2,1-4H3;2*1H3;/q;;2*-1;+2. The average Bonchev–Trinajstić information content (AvgIpc) is 1.95. The van der Waals surface area contributed by atoms with Gasteiger partial charge in [-0.15, -0.1) is 0 Å². The van der Waals surface area contributed by atoms with Crippen LogP contribution in [-0.4, -0.2) is 16.1 Å². The molecular weight excluding hydrogens is 307 g/mol. The van der Waals surface area contributed by atoms with Gasteiger partial charge in [0.15, 0.2) is 0 Å². The van der Waals surface area contributed by atoms with Crippen LogP contribution in [-0.2, 0) is 16.5 Å². The third-order valence-electron chi connectivity index (χ3n) is 2.30. The number of unbranched alkanes of at least 4 members (excludes halogenated alkanes) is 1. The van der Waals surface area contributed by atoms with Crippen LogP contribution in [0.15, 0.2) is 0 Å². The summed E-state index contributed by atoms with van der Waals surface area (Å²) in [6, 6.07) is 2.97. The van der Waals surface area contributed by atoms with Gasteiger partial charge in [0.1, 0.15) is 0 Å². The van der Waals surface area contributed by atoms with E-state index in [9.17, 15) is 0 Å². The van der Waals surface area contributed by atoms with Crippen molar-refractivity contribution in [3.05, 3.63) is 14.9 Å². The van der Waals surface area contributed by atoms with Crippen molar-refractivity contribution in [2.24, 2.45) is 5.92 Å². The van der Waals surface area contributed by atoms with Crippen LogP contribution in [0.1, 0.15) is 33.6 Å². The van der Waals surface area contributed by atoms with E-state index in [1.165, 1.54) is 24.9 Å². The molecule has 0 aliphatic heterocycles. The summed E-state index contributed by atoms with van der Waals surface area (Å²) in [4.78, 5) is 0. The minimum absolute atomic E-state index is 0. The minimum atomic E-state index is -0.720. The summed E-state index contributed by atoms with van der Waals surface area (Å²) < 4.78 is 0. The second-order valence-corrected chi connectivity index (χ2v) is 19.0. The van der Waals surface area contributed by atoms with E-state index in [4.69, 9.17) is 0 Å². The van der Waals surface area contributed by atoms with E-state index in [2.05, 4.69) is 60.1 Å². The van der Waals surface area contributed by atoms with E-state index >= 15 is 0 Å². The Morgan fingerprint density at radius 3 is 1.21 bits per heavy atom. The first-order chi connectivity index (χ1) is 6.98. The molecule has 19 heavy (non-hydrogen) atoms. The smallest absolute Gasteiger partial charge is 0.358 e. The predicted molar refractivity (Wildman–Crippen MR) is 98.9 cm³/mol. The molecule has 0 aliphatic carbocycles. The molecular formula is C16H42NiSi2. The molecule has 0 aromatic heterocycles. The Hall–Kier alpha value is 0.927. The van der Waals surface area contributed by atoms with Crippen LogP contribution in [0.5, 0.6) is 0 Å². The van der Waals surface area contributed by atoms with Gasteiger partial charge >= 0.3 is 16.5 Å². The first-order valence-electron chi connectivity index (χ1n) is 6.98. The Morgan fingerprint density at radius 1 is 0.789 bits per heavy atom. The zero-order valence-corrected chi connectivity index (χ0v) is 18.7. The molecule has 0 bridgehead atoms. The molecule has 124 valence electrons. The van der Waals surface area contributed by atoms with Crippen molar-refractivity contribution >= 4 is 16.1 Å². The molecule has 0 nitrogen and oxygen atoms in total. The molecule has 3 heteroatoms. The van der Waals surface area contributed by atoms with Gasteiger partial charge in [0, 0.05) is 16.1 Å². The van der Waals surface area contributed by atoms with Gasteiger partial charge in [-0.3, -0.25) is 0 Å². The minimum Gasteiger partial charge on any atom is -0.358 e. The molecule has 0 aromatic rings. The maximum absolute atomic E-state index is 2.43. The van der Waals surface area contributed by atoms with Crippen LogP contribution in [0.2, 0.25) is 51.4 Å². The summed E-state index contributed by atoms with van der Waals surface area (Å²) in [7, 11) is -1.40. The monoisotopic (exact) mass is 348 g/mol. The summed E-state index contributed by atoms with van der Waals surface area (Å²) in [5, 5.41) is 0. The first-order valence-corrected chi connectivity index (χ1v) is 14.4. The van der Waals surface area contributed by atoms with Gasteiger partial charge in [-0.1, -0.05) is 85.0 Å². The number of rotatable bonds is 5. The maximum Gasteiger partial charge on any atom is 2.00 e. The fourth-order valence-electron chi connectivity index (χ4n) is 1.93. The van der Waals surface area contributed by atoms with E-state index < -0.39 is 16.1 Å². The summed E-state index contributed by atoms with van der Waals surface area (Å²) >= 11 is 0. The first kappa shape index (κ1) is 32.0. The number of hydrogen-bond acceptors (Lipinski definition) is 0. The molecule has 0 rings (SSSR count). The van der Waals surface area contributed by atoms with Crippen LogP contribution < -0.4 is 0 Å². The third-order valence-corrected chi connectivity index (χ3v) is 6.20. The summed E-state index contributed by atoms with van der Waals surface area (Å²) in [6.07, 6.45) is 2.81. The Kier molecular flexibility index (Phi) is 25.8. The van der Waals surface area contributed by atoms with Gasteiger partial charge in [-0.2, -0.15) is 0 Å². The van der Waals surface area contributed by atoms with Gasteiger partial charge in [0.2, 0.25) is 0 Å². The van der Waals surface area contributed by atoms with Crippen LogP contribution in [0, 0.1) is 20.8 Å². The molecule has 0 aliphatic rings. The molecule has 0 radical (unpaired) electrons. The van der Waals surface area contributed by atoms with E-state index in [-0.39, 0.29) is 31.3 Å². The molecule has 0 unspecified atom stereocenters. The molecule has 0 heterocycles. The van der Waals surface area contributed by atoms with Crippen molar-refractivity contribution in [1.29, 1.82) is 0 Å². The van der Waals surface area contributed by atoms with E-state index in [1.807, 2.05) is 0 Å². The summed E-state index contributed by atoms with van der Waals surface area (Å²) in [6.45, 7) is 21.4. The van der Waals surface area contributed by atoms with Crippen molar-refractivity contribution in [1.82, 2.24) is 0 Å². The Bertz CT molecular complexity index is 155. The summed E-state index contributed by atoms with van der Waals surface area (Å²) in [5.74, 6) is 0.904. The second-order valence-electron chi connectivity index (χ2n) is 7.82. The molecule has 0 spiro atoms. The molecule has 0 saturated carbocycles. The molecule has 0 fully saturated rings. The molecule has 0 amide bonds. The fourth-order valence-corrected chi connectivity index (χ4v) is 5.80. The maximum atomic E-state index is 2.43. The van der Waals surface area contributed by atoms with Crippen molar-refractivity contribution in [2.45, 2.75) is 85.0 Å². The topological polar surface area (TPSA) is 0 Å². The molecule has 0 N–H and O–H groups in total. The molecule has 0 saturated heterocycles. The third kappa shape index (κ3) is 45.4. The van der Waals surface area contributed by atoms with Crippen LogP contribution in [0.25, 0.3) is 0 Å². The van der Waals surface area contributed by atoms with E-state index in [1.54, 1.807) is 0 Å². The van der Waals surface area contributed by atoms with Gasteiger partial charge < -0.3 is 14.9 Å². The number of hydrogen-bond donors (Lipinski definition) is 0. The largest absolute Gasteiger partial charge is 2.00 e. The van der Waals surface area contributed by atoms with E-state index in [0.717, 1.165) is 5.92 Å². The predicted octanol–water partition coefficient (Wildman–Crippen LogP) is 7.00. The van der Waals surface area contributed by atoms with Crippen molar-refractivity contribution in [3.63, 3.8) is 0 Å². The van der Waals surface area contributed by atoms with Crippen LogP contribution in [0.3, 0.4) is 0 Å². The molecule has 0 atom stereocenters.